The molecule has 1 N–H and O–H groups in total. The van der Waals surface area contributed by atoms with Crippen LogP contribution in [0.5, 0.6) is 5.75 Å². The Hall–Kier alpha value is -3.61. The van der Waals surface area contributed by atoms with Crippen LogP contribution >= 0.6 is 23.2 Å². The number of nitrogens with zero attached hydrogens (tertiary/aromatic N) is 1. The molecule has 6 nitrogen and oxygen atoms in total. The summed E-state index contributed by atoms with van der Waals surface area (Å²) in [6.07, 6.45) is 1.42. The van der Waals surface area contributed by atoms with Gasteiger partial charge in [0.1, 0.15) is 17.9 Å². The average Bonchev–Trinajstić information content (AvgIpc) is 2.79. The van der Waals surface area contributed by atoms with Crippen LogP contribution in [-0.2, 0) is 16.2 Å². The number of hydrogen-bond acceptors (Lipinski definition) is 4. The van der Waals surface area contributed by atoms with Gasteiger partial charge in [-0.1, -0.05) is 59.6 Å². The number of carbonyl (C=O) groups is 3. The first-order valence-corrected chi connectivity index (χ1v) is 10.7. The molecule has 166 valence electrons. The Bertz CT molecular complexity index is 1290. The number of rotatable bonds is 5. The molecule has 4 amide bonds. The molecule has 1 aliphatic rings. The maximum absolute atomic E-state index is 13.0. The van der Waals surface area contributed by atoms with Crippen molar-refractivity contribution in [2.75, 3.05) is 4.90 Å². The van der Waals surface area contributed by atoms with Gasteiger partial charge < -0.3 is 4.74 Å². The predicted molar refractivity (Wildman–Crippen MR) is 127 cm³/mol. The fraction of sp³-hybridized carbons (Fsp3) is 0.0800. The number of halogens is 2. The lowest BCUT2D eigenvalue weighted by Gasteiger charge is -2.26. The van der Waals surface area contributed by atoms with Crippen molar-refractivity contribution in [3.8, 4) is 5.75 Å². The quantitative estimate of drug-likeness (QED) is 0.383. The highest BCUT2D eigenvalue weighted by molar-refractivity contribution is 6.39. The monoisotopic (exact) mass is 480 g/mol. The molecule has 1 fully saturated rings. The predicted octanol–water partition coefficient (Wildman–Crippen LogP) is 5.55. The Labute approximate surface area is 200 Å². The van der Waals surface area contributed by atoms with Crippen LogP contribution in [0.25, 0.3) is 6.08 Å². The van der Waals surface area contributed by atoms with E-state index in [0.717, 1.165) is 16.0 Å². The highest BCUT2D eigenvalue weighted by atomic mass is 35.5. The van der Waals surface area contributed by atoms with Crippen LogP contribution < -0.4 is 15.0 Å². The second-order valence-corrected chi connectivity index (χ2v) is 8.15. The Morgan fingerprint density at radius 1 is 0.939 bits per heavy atom. The van der Waals surface area contributed by atoms with Crippen LogP contribution in [0.3, 0.4) is 0 Å². The zero-order valence-electron chi connectivity index (χ0n) is 17.5. The number of urea groups is 1. The van der Waals surface area contributed by atoms with E-state index >= 15 is 0 Å². The molecule has 0 aromatic heterocycles. The van der Waals surface area contributed by atoms with Crippen LogP contribution in [0.2, 0.25) is 10.0 Å². The molecule has 3 aromatic carbocycles. The van der Waals surface area contributed by atoms with E-state index in [-0.39, 0.29) is 11.3 Å². The van der Waals surface area contributed by atoms with Gasteiger partial charge in [-0.2, -0.15) is 0 Å². The van der Waals surface area contributed by atoms with Crippen LogP contribution in [-0.4, -0.2) is 17.8 Å². The van der Waals surface area contributed by atoms with Gasteiger partial charge in [0.2, 0.25) is 0 Å². The molecule has 0 spiro atoms. The Kier molecular flexibility index (Phi) is 6.49. The van der Waals surface area contributed by atoms with Crippen molar-refractivity contribution in [2.24, 2.45) is 0 Å². The van der Waals surface area contributed by atoms with Gasteiger partial charge in [0.25, 0.3) is 11.8 Å². The summed E-state index contributed by atoms with van der Waals surface area (Å²) in [6, 6.07) is 18.2. The standard InChI is InChI=1S/C25H18Cl2N2O4/c1-15-6-9-18(13-22(15)27)29-24(31)20(23(30)28-25(29)32)12-16-7-10-19(11-8-16)33-14-17-4-2-3-5-21(17)26/h2-13H,14H2,1H3,(H,28,30,32)/b20-12-. The van der Waals surface area contributed by atoms with Gasteiger partial charge in [-0.3, -0.25) is 14.9 Å². The van der Waals surface area contributed by atoms with E-state index in [9.17, 15) is 14.4 Å². The lowest BCUT2D eigenvalue weighted by Crippen LogP contribution is -2.54. The molecular formula is C25H18Cl2N2O4. The molecule has 1 aliphatic heterocycles. The van der Waals surface area contributed by atoms with Gasteiger partial charge >= 0.3 is 6.03 Å². The molecule has 1 heterocycles. The third-order valence-electron chi connectivity index (χ3n) is 5.06. The van der Waals surface area contributed by atoms with Gasteiger partial charge in [0.05, 0.1) is 5.69 Å². The van der Waals surface area contributed by atoms with E-state index in [1.54, 1.807) is 49.4 Å². The Balaban J connectivity index is 1.53. The molecule has 0 atom stereocenters. The van der Waals surface area contributed by atoms with Crippen molar-refractivity contribution in [3.63, 3.8) is 0 Å². The smallest absolute Gasteiger partial charge is 0.335 e. The summed E-state index contributed by atoms with van der Waals surface area (Å²) >= 11 is 12.3. The minimum atomic E-state index is -0.828. The number of amides is 4. The second kappa shape index (κ2) is 9.48. The summed E-state index contributed by atoms with van der Waals surface area (Å²) in [5.74, 6) is -0.899. The van der Waals surface area contributed by atoms with E-state index in [1.807, 2.05) is 18.2 Å². The first kappa shape index (κ1) is 22.6. The number of aryl methyl sites for hydroxylation is 1. The largest absolute Gasteiger partial charge is 0.489 e. The third kappa shape index (κ3) is 4.92. The number of anilines is 1. The number of imide groups is 2. The van der Waals surface area contributed by atoms with Gasteiger partial charge in [-0.05, 0) is 54.5 Å². The molecule has 1 saturated heterocycles. The number of benzene rings is 3. The molecule has 0 bridgehead atoms. The maximum Gasteiger partial charge on any atom is 0.335 e. The highest BCUT2D eigenvalue weighted by Gasteiger charge is 2.36. The number of nitrogens with one attached hydrogen (secondary N) is 1. The summed E-state index contributed by atoms with van der Waals surface area (Å²) in [5.41, 5.74) is 2.35. The topological polar surface area (TPSA) is 75.7 Å². The summed E-state index contributed by atoms with van der Waals surface area (Å²) in [6.45, 7) is 2.11. The summed E-state index contributed by atoms with van der Waals surface area (Å²) < 4.78 is 5.75. The molecular weight excluding hydrogens is 463 g/mol. The fourth-order valence-corrected chi connectivity index (χ4v) is 3.58. The molecule has 3 aromatic rings. The summed E-state index contributed by atoms with van der Waals surface area (Å²) in [4.78, 5) is 38.6. The van der Waals surface area contributed by atoms with Gasteiger partial charge in [-0.25, -0.2) is 9.69 Å². The normalized spacial score (nSPS) is 15.1. The van der Waals surface area contributed by atoms with Crippen molar-refractivity contribution in [1.82, 2.24) is 5.32 Å². The Morgan fingerprint density at radius 2 is 1.67 bits per heavy atom. The van der Waals surface area contributed by atoms with Crippen LogP contribution in [0.1, 0.15) is 16.7 Å². The molecule has 0 unspecified atom stereocenters. The SMILES string of the molecule is Cc1ccc(N2C(=O)NC(=O)/C(=C/c3ccc(OCc4ccccc4Cl)cc3)C2=O)cc1Cl. The third-order valence-corrected chi connectivity index (χ3v) is 5.83. The minimum Gasteiger partial charge on any atom is -0.489 e. The fourth-order valence-electron chi connectivity index (χ4n) is 3.22. The van der Waals surface area contributed by atoms with Crippen LogP contribution in [0.4, 0.5) is 10.5 Å². The number of carbonyl (C=O) groups excluding carboxylic acids is 3. The van der Waals surface area contributed by atoms with Gasteiger partial charge in [0.15, 0.2) is 0 Å². The van der Waals surface area contributed by atoms with Gasteiger partial charge in [-0.15, -0.1) is 0 Å². The van der Waals surface area contributed by atoms with Gasteiger partial charge in [0, 0.05) is 15.6 Å². The maximum atomic E-state index is 13.0. The summed E-state index contributed by atoms with van der Waals surface area (Å²) in [5, 5.41) is 3.22. The number of hydrogen-bond donors (Lipinski definition) is 1. The lowest BCUT2D eigenvalue weighted by atomic mass is 10.1. The number of barbiturate groups is 1. The van der Waals surface area contributed by atoms with Crippen molar-refractivity contribution in [1.29, 1.82) is 0 Å². The first-order valence-electron chi connectivity index (χ1n) is 9.97. The molecule has 8 heteroatoms. The zero-order chi connectivity index (χ0) is 23.5. The average molecular weight is 481 g/mol. The molecule has 0 aliphatic carbocycles. The van der Waals surface area contributed by atoms with E-state index in [0.29, 0.717) is 28.0 Å². The van der Waals surface area contributed by atoms with E-state index in [2.05, 4.69) is 5.32 Å². The lowest BCUT2D eigenvalue weighted by molar-refractivity contribution is -0.122. The molecule has 4 rings (SSSR count). The van der Waals surface area contributed by atoms with Crippen molar-refractivity contribution in [2.45, 2.75) is 13.5 Å². The van der Waals surface area contributed by atoms with Crippen LogP contribution in [0.15, 0.2) is 72.3 Å². The van der Waals surface area contributed by atoms with E-state index in [4.69, 9.17) is 27.9 Å². The van der Waals surface area contributed by atoms with E-state index in [1.165, 1.54) is 12.1 Å². The highest BCUT2D eigenvalue weighted by Crippen LogP contribution is 2.27. The minimum absolute atomic E-state index is 0.170. The van der Waals surface area contributed by atoms with Crippen molar-refractivity contribution < 1.29 is 19.1 Å². The first-order chi connectivity index (χ1) is 15.8. The van der Waals surface area contributed by atoms with Crippen molar-refractivity contribution >= 4 is 52.8 Å². The second-order valence-electron chi connectivity index (χ2n) is 7.34. The summed E-state index contributed by atoms with van der Waals surface area (Å²) in [7, 11) is 0. The molecule has 0 saturated carbocycles. The van der Waals surface area contributed by atoms with Crippen molar-refractivity contribution in [3.05, 3.63) is 99.0 Å². The zero-order valence-corrected chi connectivity index (χ0v) is 19.0. The van der Waals surface area contributed by atoms with Crippen LogP contribution in [0, 0.1) is 6.92 Å². The van der Waals surface area contributed by atoms with E-state index < -0.39 is 17.8 Å². The molecule has 33 heavy (non-hydrogen) atoms. The number of ether oxygens (including phenoxy) is 1. The Morgan fingerprint density at radius 3 is 2.36 bits per heavy atom. The molecule has 0 radical (unpaired) electrons.